The average molecular weight is 244 g/mol. The second-order valence-corrected chi connectivity index (χ2v) is 5.87. The molecule has 2 N–H and O–H groups in total. The summed E-state index contributed by atoms with van der Waals surface area (Å²) in [7, 11) is 0. The molecule has 1 unspecified atom stereocenters. The van der Waals surface area contributed by atoms with E-state index in [9.17, 15) is 0 Å². The fourth-order valence-corrected chi connectivity index (χ4v) is 2.54. The van der Waals surface area contributed by atoms with Crippen molar-refractivity contribution in [1.82, 2.24) is 4.90 Å². The van der Waals surface area contributed by atoms with Crippen LogP contribution in [0.5, 0.6) is 0 Å². The summed E-state index contributed by atoms with van der Waals surface area (Å²) in [5.41, 5.74) is 5.46. The number of hydrogen-bond acceptors (Lipinski definition) is 3. The molecule has 0 aromatic rings. The number of unbranched alkanes of at least 4 members (excludes halogenated alkanes) is 1. The summed E-state index contributed by atoms with van der Waals surface area (Å²) in [4.78, 5) is 3.11. The van der Waals surface area contributed by atoms with Gasteiger partial charge in [-0.05, 0) is 46.6 Å². The van der Waals surface area contributed by atoms with Gasteiger partial charge in [0.1, 0.15) is 0 Å². The summed E-state index contributed by atoms with van der Waals surface area (Å²) in [5.74, 6) is 0. The quantitative estimate of drug-likeness (QED) is 0.592. The maximum atomic E-state index is 5.87. The van der Waals surface area contributed by atoms with E-state index in [1.165, 1.54) is 6.42 Å². The van der Waals surface area contributed by atoms with E-state index in [-0.39, 0.29) is 5.60 Å². The van der Waals surface area contributed by atoms with Crippen LogP contribution in [0.3, 0.4) is 0 Å². The van der Waals surface area contributed by atoms with Crippen molar-refractivity contribution in [1.29, 1.82) is 0 Å². The van der Waals surface area contributed by atoms with Gasteiger partial charge >= 0.3 is 0 Å². The van der Waals surface area contributed by atoms with Crippen LogP contribution in [-0.4, -0.2) is 41.2 Å². The highest BCUT2D eigenvalue weighted by atomic mass is 32.1. The van der Waals surface area contributed by atoms with Crippen LogP contribution in [-0.2, 0) is 4.74 Å². The molecule has 4 heteroatoms. The van der Waals surface area contributed by atoms with Crippen molar-refractivity contribution >= 4 is 17.2 Å². The lowest BCUT2D eigenvalue weighted by Crippen LogP contribution is -2.51. The Balaban J connectivity index is 2.23. The molecule has 1 fully saturated rings. The van der Waals surface area contributed by atoms with Crippen LogP contribution < -0.4 is 5.73 Å². The predicted molar refractivity (Wildman–Crippen MR) is 71.7 cm³/mol. The van der Waals surface area contributed by atoms with Gasteiger partial charge in [0, 0.05) is 13.1 Å². The average Bonchev–Trinajstić information content (AvgIpc) is 2.08. The van der Waals surface area contributed by atoms with E-state index < -0.39 is 0 Å². The lowest BCUT2D eigenvalue weighted by atomic mass is 10.1. The molecule has 0 saturated carbocycles. The molecule has 0 aliphatic carbocycles. The Bertz CT molecular complexity index is 243. The van der Waals surface area contributed by atoms with Gasteiger partial charge in [0.05, 0.1) is 16.7 Å². The molecule has 0 aromatic heterocycles. The molecule has 0 radical (unpaired) electrons. The molecule has 0 amide bonds. The first-order chi connectivity index (χ1) is 7.39. The monoisotopic (exact) mass is 244 g/mol. The van der Waals surface area contributed by atoms with Gasteiger partial charge in [-0.15, -0.1) is 0 Å². The minimum Gasteiger partial charge on any atom is -0.393 e. The maximum Gasteiger partial charge on any atom is 0.0757 e. The number of nitrogens with two attached hydrogens (primary N) is 1. The lowest BCUT2D eigenvalue weighted by Gasteiger charge is -2.41. The third-order valence-corrected chi connectivity index (χ3v) is 2.99. The Kier molecular flexibility index (Phi) is 5.15. The summed E-state index contributed by atoms with van der Waals surface area (Å²) in [6.07, 6.45) is 3.47. The van der Waals surface area contributed by atoms with Gasteiger partial charge in [0.15, 0.2) is 0 Å². The molecule has 94 valence electrons. The molecule has 1 rings (SSSR count). The second-order valence-electron chi connectivity index (χ2n) is 5.35. The van der Waals surface area contributed by atoms with Gasteiger partial charge in [-0.3, -0.25) is 4.90 Å². The Hall–Kier alpha value is -0.190. The summed E-state index contributed by atoms with van der Waals surface area (Å²) in [6.45, 7) is 9.64. The van der Waals surface area contributed by atoms with Crippen LogP contribution in [0.4, 0.5) is 0 Å². The summed E-state index contributed by atoms with van der Waals surface area (Å²) < 4.78 is 5.87. The van der Waals surface area contributed by atoms with Crippen LogP contribution in [0, 0.1) is 0 Å². The molecule has 0 spiro atoms. The highest BCUT2D eigenvalue weighted by molar-refractivity contribution is 7.80. The summed E-state index contributed by atoms with van der Waals surface area (Å²) in [5, 5.41) is 0. The third kappa shape index (κ3) is 5.23. The summed E-state index contributed by atoms with van der Waals surface area (Å²) >= 11 is 4.86. The smallest absolute Gasteiger partial charge is 0.0757 e. The van der Waals surface area contributed by atoms with Crippen molar-refractivity contribution in [3.8, 4) is 0 Å². The molecule has 16 heavy (non-hydrogen) atoms. The Labute approximate surface area is 104 Å². The highest BCUT2D eigenvalue weighted by Gasteiger charge is 2.30. The minimum absolute atomic E-state index is 0.0131. The number of hydrogen-bond donors (Lipinski definition) is 1. The fraction of sp³-hybridized carbons (Fsp3) is 0.917. The van der Waals surface area contributed by atoms with Crippen molar-refractivity contribution in [2.75, 3.05) is 19.6 Å². The Morgan fingerprint density at radius 2 is 2.19 bits per heavy atom. The highest BCUT2D eigenvalue weighted by Crippen LogP contribution is 2.20. The van der Waals surface area contributed by atoms with Gasteiger partial charge < -0.3 is 10.5 Å². The van der Waals surface area contributed by atoms with Crippen LogP contribution in [0.1, 0.15) is 40.0 Å². The Morgan fingerprint density at radius 3 is 2.75 bits per heavy atom. The molecule has 0 bridgehead atoms. The first-order valence-electron chi connectivity index (χ1n) is 6.07. The van der Waals surface area contributed by atoms with Crippen molar-refractivity contribution in [3.63, 3.8) is 0 Å². The van der Waals surface area contributed by atoms with Crippen LogP contribution in [0.15, 0.2) is 0 Å². The zero-order valence-electron chi connectivity index (χ0n) is 10.7. The lowest BCUT2D eigenvalue weighted by molar-refractivity contribution is -0.128. The molecular formula is C12H24N2OS. The molecule has 0 aromatic carbocycles. The second kappa shape index (κ2) is 5.94. The van der Waals surface area contributed by atoms with E-state index in [4.69, 9.17) is 22.7 Å². The zero-order valence-corrected chi connectivity index (χ0v) is 11.5. The molecule has 1 aliphatic heterocycles. The fourth-order valence-electron chi connectivity index (χ4n) is 2.39. The van der Waals surface area contributed by atoms with Crippen LogP contribution in [0.2, 0.25) is 0 Å². The van der Waals surface area contributed by atoms with Crippen molar-refractivity contribution in [2.24, 2.45) is 5.73 Å². The first-order valence-corrected chi connectivity index (χ1v) is 6.48. The van der Waals surface area contributed by atoms with Gasteiger partial charge in [-0.1, -0.05) is 12.2 Å². The van der Waals surface area contributed by atoms with Crippen molar-refractivity contribution in [2.45, 2.75) is 51.7 Å². The predicted octanol–water partition coefficient (Wildman–Crippen LogP) is 1.94. The molecule has 3 nitrogen and oxygen atoms in total. The molecule has 1 heterocycles. The van der Waals surface area contributed by atoms with E-state index in [0.717, 1.165) is 32.5 Å². The number of thiocarbonyl (C=S) groups is 1. The van der Waals surface area contributed by atoms with Crippen LogP contribution in [0.25, 0.3) is 0 Å². The zero-order chi connectivity index (χ0) is 12.2. The van der Waals surface area contributed by atoms with Crippen molar-refractivity contribution < 1.29 is 4.74 Å². The van der Waals surface area contributed by atoms with E-state index >= 15 is 0 Å². The van der Waals surface area contributed by atoms with Crippen LogP contribution >= 0.6 is 12.2 Å². The van der Waals surface area contributed by atoms with E-state index in [0.29, 0.717) is 11.1 Å². The normalized spacial score (nSPS) is 25.6. The molecule has 1 saturated heterocycles. The van der Waals surface area contributed by atoms with E-state index in [1.54, 1.807) is 0 Å². The molecule has 1 atom stereocenters. The maximum absolute atomic E-state index is 5.87. The van der Waals surface area contributed by atoms with Gasteiger partial charge in [-0.2, -0.15) is 0 Å². The minimum atomic E-state index is -0.0131. The number of nitrogens with zero attached hydrogens (tertiary/aromatic N) is 1. The van der Waals surface area contributed by atoms with Gasteiger partial charge in [0.2, 0.25) is 0 Å². The topological polar surface area (TPSA) is 38.5 Å². The number of rotatable bonds is 5. The van der Waals surface area contributed by atoms with E-state index in [1.807, 2.05) is 0 Å². The van der Waals surface area contributed by atoms with Crippen molar-refractivity contribution in [3.05, 3.63) is 0 Å². The summed E-state index contributed by atoms with van der Waals surface area (Å²) in [6, 6.07) is 0. The van der Waals surface area contributed by atoms with E-state index in [2.05, 4.69) is 25.7 Å². The molecule has 1 aliphatic rings. The first kappa shape index (κ1) is 13.9. The van der Waals surface area contributed by atoms with Gasteiger partial charge in [0.25, 0.3) is 0 Å². The SMILES string of the molecule is CC1CN(CCCCC(N)=S)CC(C)(C)O1. The number of morpholine rings is 1. The number of ether oxygens (including phenoxy) is 1. The standard InChI is InChI=1S/C12H24N2OS/c1-10-8-14(9-12(2,3)15-10)7-5-4-6-11(13)16/h10H,4-9H2,1-3H3,(H2,13,16). The molecular weight excluding hydrogens is 220 g/mol. The Morgan fingerprint density at radius 1 is 1.50 bits per heavy atom. The van der Waals surface area contributed by atoms with Gasteiger partial charge in [-0.25, -0.2) is 0 Å². The third-order valence-electron chi connectivity index (χ3n) is 2.79. The largest absolute Gasteiger partial charge is 0.393 e.